The first-order chi connectivity index (χ1) is 14.9. The Morgan fingerprint density at radius 2 is 1.71 bits per heavy atom. The lowest BCUT2D eigenvalue weighted by Gasteiger charge is -2.09. The van der Waals surface area contributed by atoms with Gasteiger partial charge < -0.3 is 14.8 Å². The maximum atomic E-state index is 12.4. The van der Waals surface area contributed by atoms with Crippen LogP contribution in [0.2, 0.25) is 0 Å². The van der Waals surface area contributed by atoms with E-state index in [-0.39, 0.29) is 11.7 Å². The number of hydrogen-bond donors (Lipinski definition) is 1. The highest BCUT2D eigenvalue weighted by molar-refractivity contribution is 8.16. The van der Waals surface area contributed by atoms with Gasteiger partial charge in [0.2, 0.25) is 5.91 Å². The normalized spacial score (nSPS) is 14.6. The Morgan fingerprint density at radius 1 is 1.03 bits per heavy atom. The molecule has 0 bridgehead atoms. The van der Waals surface area contributed by atoms with Gasteiger partial charge in [0.1, 0.15) is 22.2 Å². The lowest BCUT2D eigenvalue weighted by atomic mass is 10.1. The lowest BCUT2D eigenvalue weighted by Crippen LogP contribution is -2.17. The molecule has 3 rings (SSSR count). The van der Waals surface area contributed by atoms with Crippen molar-refractivity contribution < 1.29 is 14.3 Å². The van der Waals surface area contributed by atoms with Crippen molar-refractivity contribution >= 4 is 34.1 Å². The van der Waals surface area contributed by atoms with Crippen molar-refractivity contribution in [1.82, 2.24) is 0 Å². The number of aliphatic imine (C=N–C) groups is 2. The van der Waals surface area contributed by atoms with E-state index in [1.165, 1.54) is 11.8 Å². The van der Waals surface area contributed by atoms with Gasteiger partial charge in [-0.25, -0.2) is 4.99 Å². The lowest BCUT2D eigenvalue weighted by molar-refractivity contribution is -0.113. The second-order valence-electron chi connectivity index (χ2n) is 7.66. The first-order valence-electron chi connectivity index (χ1n) is 10.4. The molecule has 31 heavy (non-hydrogen) atoms. The van der Waals surface area contributed by atoms with E-state index in [9.17, 15) is 4.79 Å². The molecule has 0 unspecified atom stereocenters. The summed E-state index contributed by atoms with van der Waals surface area (Å²) in [6, 6.07) is 15.2. The number of hydrogen-bond acceptors (Lipinski definition) is 6. The molecule has 0 atom stereocenters. The van der Waals surface area contributed by atoms with Crippen LogP contribution in [0.3, 0.4) is 0 Å². The smallest absolute Gasteiger partial charge is 0.234 e. The fourth-order valence-corrected chi connectivity index (χ4v) is 3.91. The van der Waals surface area contributed by atoms with E-state index in [0.717, 1.165) is 53.0 Å². The molecule has 0 fully saturated rings. The van der Waals surface area contributed by atoms with Gasteiger partial charge in [-0.15, -0.1) is 0 Å². The monoisotopic (exact) mass is 439 g/mol. The number of nitrogens with zero attached hydrogens (tertiary/aromatic N) is 2. The van der Waals surface area contributed by atoms with Crippen LogP contribution in [0.25, 0.3) is 0 Å². The molecule has 0 saturated carbocycles. The van der Waals surface area contributed by atoms with Crippen molar-refractivity contribution in [2.24, 2.45) is 9.98 Å². The van der Waals surface area contributed by atoms with Crippen molar-refractivity contribution in [3.63, 3.8) is 0 Å². The van der Waals surface area contributed by atoms with E-state index in [4.69, 9.17) is 19.5 Å². The molecule has 6 nitrogen and oxygen atoms in total. The van der Waals surface area contributed by atoms with Gasteiger partial charge in [0.05, 0.1) is 25.2 Å². The Balaban J connectivity index is 1.61. The van der Waals surface area contributed by atoms with Crippen LogP contribution in [0.5, 0.6) is 11.5 Å². The second-order valence-corrected chi connectivity index (χ2v) is 8.63. The van der Waals surface area contributed by atoms with Crippen LogP contribution in [-0.2, 0) is 4.79 Å². The van der Waals surface area contributed by atoms with Crippen molar-refractivity contribution in [3.05, 3.63) is 54.1 Å². The molecule has 0 aliphatic carbocycles. The molecule has 1 aliphatic rings. The highest BCUT2D eigenvalue weighted by Crippen LogP contribution is 2.27. The molecular formula is C24H29N3O3S. The zero-order chi connectivity index (χ0) is 22.3. The third-order valence-corrected chi connectivity index (χ3v) is 5.54. The number of amides is 1. The Hall–Kier alpha value is -2.80. The highest BCUT2D eigenvalue weighted by Gasteiger charge is 2.28. The van der Waals surface area contributed by atoms with Gasteiger partial charge in [-0.1, -0.05) is 25.1 Å². The average molecular weight is 440 g/mol. The number of ether oxygens (including phenoxy) is 2. The van der Waals surface area contributed by atoms with Crippen LogP contribution in [0.4, 0.5) is 5.69 Å². The van der Waals surface area contributed by atoms with E-state index >= 15 is 0 Å². The maximum absolute atomic E-state index is 12.4. The molecule has 0 radical (unpaired) electrons. The molecular weight excluding hydrogens is 410 g/mol. The standard InChI is InChI=1S/C24H29N3O3S/c1-5-6-15-30-20-11-7-17(8-12-20)22-23(27-24(2,3)26-22)31-16-21(28)25-18-9-13-19(29-4)14-10-18/h7-14H,5-6,15-16H2,1-4H3,(H,25,28). The molecule has 1 N–H and O–H groups in total. The van der Waals surface area contributed by atoms with Crippen molar-refractivity contribution in [3.8, 4) is 11.5 Å². The fraction of sp³-hybridized carbons (Fsp3) is 0.375. The number of anilines is 1. The summed E-state index contributed by atoms with van der Waals surface area (Å²) in [5.41, 5.74) is 1.97. The van der Waals surface area contributed by atoms with Crippen LogP contribution >= 0.6 is 11.8 Å². The molecule has 2 aromatic rings. The van der Waals surface area contributed by atoms with E-state index in [1.807, 2.05) is 62.4 Å². The largest absolute Gasteiger partial charge is 0.497 e. The molecule has 1 heterocycles. The van der Waals surface area contributed by atoms with Gasteiger partial charge >= 0.3 is 0 Å². The van der Waals surface area contributed by atoms with Crippen LogP contribution < -0.4 is 14.8 Å². The molecule has 0 spiro atoms. The molecule has 7 heteroatoms. The molecule has 0 saturated heterocycles. The number of carbonyl (C=O) groups is 1. The Labute approximate surface area is 188 Å². The van der Waals surface area contributed by atoms with Crippen molar-refractivity contribution in [2.75, 3.05) is 24.8 Å². The summed E-state index contributed by atoms with van der Waals surface area (Å²) in [7, 11) is 1.61. The van der Waals surface area contributed by atoms with E-state index < -0.39 is 5.66 Å². The number of unbranched alkanes of at least 4 members (excludes halogenated alkanes) is 1. The molecule has 0 aromatic heterocycles. The summed E-state index contributed by atoms with van der Waals surface area (Å²) in [5, 5.41) is 3.67. The zero-order valence-electron chi connectivity index (χ0n) is 18.5. The molecule has 1 aliphatic heterocycles. The van der Waals surface area contributed by atoms with Crippen LogP contribution in [0.15, 0.2) is 58.5 Å². The van der Waals surface area contributed by atoms with Crippen LogP contribution in [0.1, 0.15) is 39.2 Å². The number of rotatable bonds is 9. The first kappa shape index (κ1) is 22.9. The number of benzene rings is 2. The minimum absolute atomic E-state index is 0.0957. The third-order valence-electron chi connectivity index (χ3n) is 4.57. The van der Waals surface area contributed by atoms with Gasteiger partial charge in [-0.3, -0.25) is 9.79 Å². The topological polar surface area (TPSA) is 72.3 Å². The Kier molecular flexibility index (Phi) is 7.74. The minimum Gasteiger partial charge on any atom is -0.497 e. The summed E-state index contributed by atoms with van der Waals surface area (Å²) in [6.07, 6.45) is 2.14. The van der Waals surface area contributed by atoms with Gasteiger partial charge in [0.15, 0.2) is 0 Å². The average Bonchev–Trinajstić information content (AvgIpc) is 3.08. The zero-order valence-corrected chi connectivity index (χ0v) is 19.3. The predicted molar refractivity (Wildman–Crippen MR) is 129 cm³/mol. The number of nitrogens with one attached hydrogen (secondary N) is 1. The Morgan fingerprint density at radius 3 is 2.35 bits per heavy atom. The van der Waals surface area contributed by atoms with Crippen molar-refractivity contribution in [2.45, 2.75) is 39.3 Å². The predicted octanol–water partition coefficient (Wildman–Crippen LogP) is 5.18. The van der Waals surface area contributed by atoms with Crippen molar-refractivity contribution in [1.29, 1.82) is 0 Å². The molecule has 2 aromatic carbocycles. The van der Waals surface area contributed by atoms with Crippen LogP contribution in [0, 0.1) is 0 Å². The summed E-state index contributed by atoms with van der Waals surface area (Å²) in [4.78, 5) is 21.9. The van der Waals surface area contributed by atoms with E-state index in [1.54, 1.807) is 7.11 Å². The molecule has 1 amide bonds. The molecule has 164 valence electrons. The van der Waals surface area contributed by atoms with Gasteiger partial charge in [0, 0.05) is 11.3 Å². The number of carbonyl (C=O) groups excluding carboxylic acids is 1. The van der Waals surface area contributed by atoms with E-state index in [0.29, 0.717) is 0 Å². The quantitative estimate of drug-likeness (QED) is 0.546. The summed E-state index contributed by atoms with van der Waals surface area (Å²) < 4.78 is 10.9. The maximum Gasteiger partial charge on any atom is 0.234 e. The summed E-state index contributed by atoms with van der Waals surface area (Å²) >= 11 is 1.40. The second kappa shape index (κ2) is 10.5. The Bertz CT molecular complexity index is 951. The number of thioether (sulfide) groups is 1. The van der Waals surface area contributed by atoms with E-state index in [2.05, 4.69) is 12.2 Å². The summed E-state index contributed by atoms with van der Waals surface area (Å²) in [6.45, 7) is 6.78. The SMILES string of the molecule is CCCCOc1ccc(C2=NC(C)(C)N=C2SCC(=O)Nc2ccc(OC)cc2)cc1. The number of methoxy groups -OCH3 is 1. The summed E-state index contributed by atoms with van der Waals surface area (Å²) in [5.74, 6) is 1.75. The highest BCUT2D eigenvalue weighted by atomic mass is 32.2. The fourth-order valence-electron chi connectivity index (χ4n) is 2.99. The van der Waals surface area contributed by atoms with Gasteiger partial charge in [-0.2, -0.15) is 0 Å². The first-order valence-corrected chi connectivity index (χ1v) is 11.4. The third kappa shape index (κ3) is 6.59. The minimum atomic E-state index is -0.541. The van der Waals surface area contributed by atoms with Gasteiger partial charge in [0.25, 0.3) is 0 Å². The van der Waals surface area contributed by atoms with Crippen LogP contribution in [-0.4, -0.2) is 41.8 Å². The van der Waals surface area contributed by atoms with Gasteiger partial charge in [-0.05, 0) is 68.8 Å².